The second-order valence-electron chi connectivity index (χ2n) is 5.97. The number of rotatable bonds is 4. The van der Waals surface area contributed by atoms with Gasteiger partial charge in [-0.25, -0.2) is 0 Å². The molecule has 0 radical (unpaired) electrons. The number of unbranched alkanes of at least 4 members (excludes halogenated alkanes) is 1. The zero-order chi connectivity index (χ0) is 13.9. The molecule has 0 unspecified atom stereocenters. The van der Waals surface area contributed by atoms with Gasteiger partial charge in [0.15, 0.2) is 0 Å². The highest BCUT2D eigenvalue weighted by Gasteiger charge is 2.19. The highest BCUT2D eigenvalue weighted by molar-refractivity contribution is 6.35. The highest BCUT2D eigenvalue weighted by atomic mass is 35.5. The third kappa shape index (κ3) is 2.83. The lowest BCUT2D eigenvalue weighted by molar-refractivity contribution is 0.701. The molecule has 0 saturated heterocycles. The molecule has 0 N–H and O–H groups in total. The van der Waals surface area contributed by atoms with Gasteiger partial charge in [0.1, 0.15) is 0 Å². The number of nitrogens with zero attached hydrogens (tertiary/aromatic N) is 1. The maximum Gasteiger partial charge on any atom is 0.0720 e. The van der Waals surface area contributed by atoms with Gasteiger partial charge in [0.05, 0.1) is 10.5 Å². The zero-order valence-electron chi connectivity index (χ0n) is 12.2. The number of aromatic nitrogens is 1. The van der Waals surface area contributed by atoms with Crippen molar-refractivity contribution in [1.29, 1.82) is 0 Å². The average Bonchev–Trinajstić information content (AvgIpc) is 2.99. The van der Waals surface area contributed by atoms with E-state index in [2.05, 4.69) is 31.2 Å². The molecule has 3 rings (SSSR count). The van der Waals surface area contributed by atoms with Gasteiger partial charge in [0.25, 0.3) is 0 Å². The monoisotopic (exact) mass is 287 g/mol. The van der Waals surface area contributed by atoms with Crippen molar-refractivity contribution in [3.63, 3.8) is 0 Å². The molecule has 1 aliphatic carbocycles. The number of aryl methyl sites for hydroxylation is 1. The third-order valence-electron chi connectivity index (χ3n) is 4.43. The Kier molecular flexibility index (Phi) is 4.26. The molecule has 0 bridgehead atoms. The van der Waals surface area contributed by atoms with Gasteiger partial charge in [-0.3, -0.25) is 4.98 Å². The van der Waals surface area contributed by atoms with E-state index < -0.39 is 0 Å². The summed E-state index contributed by atoms with van der Waals surface area (Å²) in [5, 5.41) is 1.98. The van der Waals surface area contributed by atoms with Gasteiger partial charge in [0.2, 0.25) is 0 Å². The van der Waals surface area contributed by atoms with Crippen molar-refractivity contribution in [2.75, 3.05) is 0 Å². The summed E-state index contributed by atoms with van der Waals surface area (Å²) in [5.74, 6) is 0.622. The third-order valence-corrected chi connectivity index (χ3v) is 4.75. The molecular formula is C18H22ClN. The van der Waals surface area contributed by atoms with Crippen LogP contribution in [0.4, 0.5) is 0 Å². The molecule has 0 atom stereocenters. The topological polar surface area (TPSA) is 12.9 Å². The molecule has 1 aromatic heterocycles. The minimum atomic E-state index is 0.622. The lowest BCUT2D eigenvalue weighted by atomic mass is 10.0. The van der Waals surface area contributed by atoms with E-state index in [1.165, 1.54) is 49.8 Å². The fourth-order valence-electron chi connectivity index (χ4n) is 3.22. The van der Waals surface area contributed by atoms with Crippen molar-refractivity contribution in [1.82, 2.24) is 4.98 Å². The Balaban J connectivity index is 1.96. The molecule has 1 aliphatic rings. The highest BCUT2D eigenvalue weighted by Crippen LogP contribution is 2.36. The van der Waals surface area contributed by atoms with E-state index >= 15 is 0 Å². The van der Waals surface area contributed by atoms with E-state index in [9.17, 15) is 0 Å². The van der Waals surface area contributed by atoms with Crippen molar-refractivity contribution < 1.29 is 0 Å². The lowest BCUT2D eigenvalue weighted by Gasteiger charge is -2.11. The van der Waals surface area contributed by atoms with E-state index in [-0.39, 0.29) is 0 Å². The Morgan fingerprint density at radius 3 is 2.75 bits per heavy atom. The second kappa shape index (κ2) is 6.13. The number of hydrogen-bond acceptors (Lipinski definition) is 1. The maximum atomic E-state index is 6.51. The molecule has 1 fully saturated rings. The van der Waals surface area contributed by atoms with Crippen LogP contribution in [0.15, 0.2) is 24.3 Å². The SMILES string of the molecule is CCCCc1ccc2nc(C3CCCC3)cc(Cl)c2c1. The van der Waals surface area contributed by atoms with Crippen LogP contribution in [0, 0.1) is 0 Å². The smallest absolute Gasteiger partial charge is 0.0720 e. The Hall–Kier alpha value is -1.08. The van der Waals surface area contributed by atoms with Crippen LogP contribution in [-0.4, -0.2) is 4.98 Å². The van der Waals surface area contributed by atoms with Crippen LogP contribution in [0.3, 0.4) is 0 Å². The van der Waals surface area contributed by atoms with Crippen molar-refractivity contribution in [2.45, 2.75) is 57.8 Å². The number of fused-ring (bicyclic) bond motifs is 1. The fraction of sp³-hybridized carbons (Fsp3) is 0.500. The van der Waals surface area contributed by atoms with Gasteiger partial charge in [0, 0.05) is 17.0 Å². The van der Waals surface area contributed by atoms with E-state index in [1.54, 1.807) is 0 Å². The molecule has 0 aliphatic heterocycles. The van der Waals surface area contributed by atoms with Crippen molar-refractivity contribution in [3.05, 3.63) is 40.5 Å². The molecule has 0 spiro atoms. The Morgan fingerprint density at radius 1 is 1.20 bits per heavy atom. The van der Waals surface area contributed by atoms with E-state index in [0.717, 1.165) is 22.3 Å². The summed E-state index contributed by atoms with van der Waals surface area (Å²) in [5.41, 5.74) is 3.62. The fourth-order valence-corrected chi connectivity index (χ4v) is 3.48. The molecule has 1 aromatic carbocycles. The van der Waals surface area contributed by atoms with Crippen LogP contribution in [0.2, 0.25) is 5.02 Å². The van der Waals surface area contributed by atoms with Crippen molar-refractivity contribution >= 4 is 22.5 Å². The molecule has 2 aromatic rings. The number of halogens is 1. The Morgan fingerprint density at radius 2 is 2.00 bits per heavy atom. The summed E-state index contributed by atoms with van der Waals surface area (Å²) in [6.07, 6.45) is 8.79. The summed E-state index contributed by atoms with van der Waals surface area (Å²) in [6.45, 7) is 2.23. The molecule has 1 nitrogen and oxygen atoms in total. The van der Waals surface area contributed by atoms with Crippen molar-refractivity contribution in [3.8, 4) is 0 Å². The van der Waals surface area contributed by atoms with Crippen LogP contribution in [0.25, 0.3) is 10.9 Å². The second-order valence-corrected chi connectivity index (χ2v) is 6.37. The molecule has 1 heterocycles. The number of benzene rings is 1. The predicted octanol–water partition coefficient (Wildman–Crippen LogP) is 5.89. The van der Waals surface area contributed by atoms with Gasteiger partial charge in [-0.05, 0) is 49.4 Å². The predicted molar refractivity (Wildman–Crippen MR) is 86.6 cm³/mol. The van der Waals surface area contributed by atoms with Crippen LogP contribution in [0.1, 0.15) is 62.6 Å². The largest absolute Gasteiger partial charge is 0.252 e. The van der Waals surface area contributed by atoms with Crippen LogP contribution >= 0.6 is 11.6 Å². The van der Waals surface area contributed by atoms with Gasteiger partial charge in [-0.1, -0.05) is 43.9 Å². The molecule has 2 heteroatoms. The normalized spacial score (nSPS) is 16.1. The molecular weight excluding hydrogens is 266 g/mol. The first-order valence-electron chi connectivity index (χ1n) is 7.87. The zero-order valence-corrected chi connectivity index (χ0v) is 12.9. The molecule has 1 saturated carbocycles. The van der Waals surface area contributed by atoms with E-state index in [1.807, 2.05) is 0 Å². The number of hydrogen-bond donors (Lipinski definition) is 0. The standard InChI is InChI=1S/C18H22ClN/c1-2-3-6-13-9-10-17-15(11-13)16(19)12-18(20-17)14-7-4-5-8-14/h9-12,14H,2-8H2,1H3. The summed E-state index contributed by atoms with van der Waals surface area (Å²) in [4.78, 5) is 4.86. The summed E-state index contributed by atoms with van der Waals surface area (Å²) < 4.78 is 0. The Bertz CT molecular complexity index is 600. The van der Waals surface area contributed by atoms with Crippen LogP contribution in [0.5, 0.6) is 0 Å². The first-order valence-corrected chi connectivity index (χ1v) is 8.25. The molecule has 106 valence electrons. The summed E-state index contributed by atoms with van der Waals surface area (Å²) in [6, 6.07) is 8.67. The molecule has 20 heavy (non-hydrogen) atoms. The maximum absolute atomic E-state index is 6.51. The minimum absolute atomic E-state index is 0.622. The minimum Gasteiger partial charge on any atom is -0.252 e. The van der Waals surface area contributed by atoms with E-state index in [0.29, 0.717) is 5.92 Å². The lowest BCUT2D eigenvalue weighted by Crippen LogP contribution is -1.97. The summed E-state index contributed by atoms with van der Waals surface area (Å²) in [7, 11) is 0. The van der Waals surface area contributed by atoms with Gasteiger partial charge >= 0.3 is 0 Å². The van der Waals surface area contributed by atoms with Crippen molar-refractivity contribution in [2.24, 2.45) is 0 Å². The first kappa shape index (κ1) is 13.9. The van der Waals surface area contributed by atoms with Gasteiger partial charge in [-0.15, -0.1) is 0 Å². The quantitative estimate of drug-likeness (QED) is 0.683. The number of pyridine rings is 1. The van der Waals surface area contributed by atoms with E-state index in [4.69, 9.17) is 16.6 Å². The summed E-state index contributed by atoms with van der Waals surface area (Å²) >= 11 is 6.51. The van der Waals surface area contributed by atoms with Gasteiger partial charge < -0.3 is 0 Å². The molecule has 0 amide bonds. The average molecular weight is 288 g/mol. The Labute approximate surface area is 126 Å². The van der Waals surface area contributed by atoms with Gasteiger partial charge in [-0.2, -0.15) is 0 Å². The van der Waals surface area contributed by atoms with Crippen LogP contribution < -0.4 is 0 Å². The van der Waals surface area contributed by atoms with Crippen LogP contribution in [-0.2, 0) is 6.42 Å². The first-order chi connectivity index (χ1) is 9.78.